The number of benzene rings is 2. The van der Waals surface area contributed by atoms with Crippen LogP contribution in [0, 0.1) is 11.6 Å². The molecule has 2 aromatic carbocycles. The van der Waals surface area contributed by atoms with Gasteiger partial charge in [-0.2, -0.15) is 0 Å². The maximum absolute atomic E-state index is 13.6. The quantitative estimate of drug-likeness (QED) is 0.891. The number of carbonyl (C=O) groups is 1. The summed E-state index contributed by atoms with van der Waals surface area (Å²) in [6.45, 7) is 1.64. The maximum Gasteiger partial charge on any atom is 0.252 e. The smallest absolute Gasteiger partial charge is 0.252 e. The van der Waals surface area contributed by atoms with Crippen LogP contribution >= 0.6 is 15.9 Å². The lowest BCUT2D eigenvalue weighted by molar-refractivity contribution is 0.0938. The van der Waals surface area contributed by atoms with Crippen molar-refractivity contribution >= 4 is 21.8 Å². The second kappa shape index (κ2) is 6.13. The number of hydrogen-bond donors (Lipinski definition) is 1. The number of rotatable bonds is 3. The Morgan fingerprint density at radius 2 is 1.90 bits per heavy atom. The molecular weight excluding hydrogens is 328 g/mol. The minimum absolute atomic E-state index is 0.242. The molecule has 1 amide bonds. The molecule has 0 aliphatic heterocycles. The average molecular weight is 340 g/mol. The van der Waals surface area contributed by atoms with Gasteiger partial charge >= 0.3 is 0 Å². The van der Waals surface area contributed by atoms with Crippen molar-refractivity contribution in [3.63, 3.8) is 0 Å². The molecule has 20 heavy (non-hydrogen) atoms. The molecule has 2 rings (SSSR count). The van der Waals surface area contributed by atoms with Crippen LogP contribution in [-0.4, -0.2) is 5.91 Å². The molecule has 0 aliphatic carbocycles. The van der Waals surface area contributed by atoms with Crippen LogP contribution in [0.2, 0.25) is 0 Å². The van der Waals surface area contributed by atoms with Gasteiger partial charge in [0.2, 0.25) is 0 Å². The molecule has 1 N–H and O–H groups in total. The number of carbonyl (C=O) groups excluding carboxylic acids is 1. The summed E-state index contributed by atoms with van der Waals surface area (Å²) in [5.74, 6) is -1.64. The van der Waals surface area contributed by atoms with E-state index in [2.05, 4.69) is 21.2 Å². The van der Waals surface area contributed by atoms with Crippen molar-refractivity contribution in [2.45, 2.75) is 13.0 Å². The van der Waals surface area contributed by atoms with Gasteiger partial charge < -0.3 is 5.32 Å². The van der Waals surface area contributed by atoms with E-state index in [0.717, 1.165) is 6.07 Å². The van der Waals surface area contributed by atoms with Crippen molar-refractivity contribution in [2.24, 2.45) is 0 Å². The summed E-state index contributed by atoms with van der Waals surface area (Å²) in [7, 11) is 0. The molecule has 2 aromatic rings. The third-order valence-electron chi connectivity index (χ3n) is 2.90. The van der Waals surface area contributed by atoms with Gasteiger partial charge in [0.05, 0.1) is 11.6 Å². The number of amides is 1. The summed E-state index contributed by atoms with van der Waals surface area (Å²) >= 11 is 3.28. The molecule has 0 saturated heterocycles. The van der Waals surface area contributed by atoms with E-state index in [-0.39, 0.29) is 11.5 Å². The molecule has 0 aromatic heterocycles. The molecule has 0 saturated carbocycles. The zero-order valence-electron chi connectivity index (χ0n) is 10.7. The van der Waals surface area contributed by atoms with Crippen LogP contribution in [0.4, 0.5) is 8.78 Å². The normalized spacial score (nSPS) is 12.0. The van der Waals surface area contributed by atoms with E-state index in [1.165, 1.54) is 12.1 Å². The van der Waals surface area contributed by atoms with Gasteiger partial charge in [-0.25, -0.2) is 8.78 Å². The first-order valence-corrected chi connectivity index (χ1v) is 6.78. The Kier molecular flexibility index (Phi) is 4.49. The fourth-order valence-corrected chi connectivity index (χ4v) is 2.32. The monoisotopic (exact) mass is 339 g/mol. The van der Waals surface area contributed by atoms with Gasteiger partial charge in [0.1, 0.15) is 11.6 Å². The van der Waals surface area contributed by atoms with E-state index >= 15 is 0 Å². The first kappa shape index (κ1) is 14.7. The average Bonchev–Trinajstić information content (AvgIpc) is 2.38. The fraction of sp³-hybridized carbons (Fsp3) is 0.133. The van der Waals surface area contributed by atoms with Crippen LogP contribution in [0.25, 0.3) is 0 Å². The second-order valence-electron chi connectivity index (χ2n) is 4.34. The molecule has 1 unspecified atom stereocenters. The Morgan fingerprint density at radius 3 is 2.55 bits per heavy atom. The first-order chi connectivity index (χ1) is 9.49. The molecule has 0 fully saturated rings. The van der Waals surface area contributed by atoms with Crippen molar-refractivity contribution in [3.05, 3.63) is 69.7 Å². The van der Waals surface area contributed by atoms with Crippen LogP contribution in [-0.2, 0) is 0 Å². The van der Waals surface area contributed by atoms with E-state index in [0.29, 0.717) is 10.0 Å². The van der Waals surface area contributed by atoms with Crippen LogP contribution in [0.15, 0.2) is 46.9 Å². The predicted octanol–water partition coefficient (Wildman–Crippen LogP) is 4.22. The van der Waals surface area contributed by atoms with E-state index in [4.69, 9.17) is 0 Å². The van der Waals surface area contributed by atoms with Crippen molar-refractivity contribution < 1.29 is 13.6 Å². The summed E-state index contributed by atoms with van der Waals surface area (Å²) < 4.78 is 27.1. The first-order valence-electron chi connectivity index (χ1n) is 5.99. The Labute approximate surface area is 123 Å². The largest absolute Gasteiger partial charge is 0.345 e. The van der Waals surface area contributed by atoms with Crippen LogP contribution in [0.1, 0.15) is 28.9 Å². The van der Waals surface area contributed by atoms with E-state index in [1.807, 2.05) is 0 Å². The third kappa shape index (κ3) is 3.22. The SMILES string of the molecule is CC(NC(=O)c1ccccc1Br)c1ccc(F)cc1F. The lowest BCUT2D eigenvalue weighted by atomic mass is 10.1. The van der Waals surface area contributed by atoms with Gasteiger partial charge in [-0.3, -0.25) is 4.79 Å². The highest BCUT2D eigenvalue weighted by Crippen LogP contribution is 2.20. The molecule has 0 heterocycles. The summed E-state index contributed by atoms with van der Waals surface area (Å²) in [6.07, 6.45) is 0. The van der Waals surface area contributed by atoms with Gasteiger partial charge in [0.15, 0.2) is 0 Å². The van der Waals surface area contributed by atoms with Crippen molar-refractivity contribution in [2.75, 3.05) is 0 Å². The number of hydrogen-bond acceptors (Lipinski definition) is 1. The van der Waals surface area contributed by atoms with Crippen LogP contribution in [0.5, 0.6) is 0 Å². The Hall–Kier alpha value is -1.75. The minimum Gasteiger partial charge on any atom is -0.345 e. The molecule has 104 valence electrons. The summed E-state index contributed by atoms with van der Waals surface area (Å²) in [5, 5.41) is 2.68. The zero-order chi connectivity index (χ0) is 14.7. The Bertz CT molecular complexity index is 646. The number of nitrogens with one attached hydrogen (secondary N) is 1. The van der Waals surface area contributed by atoms with Crippen molar-refractivity contribution in [1.29, 1.82) is 0 Å². The highest BCUT2D eigenvalue weighted by molar-refractivity contribution is 9.10. The van der Waals surface area contributed by atoms with Gasteiger partial charge in [-0.05, 0) is 41.1 Å². The molecule has 0 aliphatic rings. The van der Waals surface area contributed by atoms with E-state index in [9.17, 15) is 13.6 Å². The molecule has 0 spiro atoms. The Morgan fingerprint density at radius 1 is 1.20 bits per heavy atom. The molecule has 5 heteroatoms. The van der Waals surface area contributed by atoms with Gasteiger partial charge in [-0.15, -0.1) is 0 Å². The highest BCUT2D eigenvalue weighted by atomic mass is 79.9. The molecule has 0 radical (unpaired) electrons. The Balaban J connectivity index is 2.17. The predicted molar refractivity (Wildman–Crippen MR) is 76.4 cm³/mol. The van der Waals surface area contributed by atoms with Gasteiger partial charge in [0.25, 0.3) is 5.91 Å². The summed E-state index contributed by atoms with van der Waals surface area (Å²) in [5.41, 5.74) is 0.702. The van der Waals surface area contributed by atoms with E-state index < -0.39 is 17.7 Å². The maximum atomic E-state index is 13.6. The minimum atomic E-state index is -0.676. The van der Waals surface area contributed by atoms with Crippen LogP contribution in [0.3, 0.4) is 0 Å². The summed E-state index contributed by atoms with van der Waals surface area (Å²) in [6, 6.07) is 9.68. The van der Waals surface area contributed by atoms with Gasteiger partial charge in [-0.1, -0.05) is 18.2 Å². The zero-order valence-corrected chi connectivity index (χ0v) is 12.2. The van der Waals surface area contributed by atoms with Crippen molar-refractivity contribution in [1.82, 2.24) is 5.32 Å². The lowest BCUT2D eigenvalue weighted by Crippen LogP contribution is -2.27. The molecule has 2 nitrogen and oxygen atoms in total. The number of halogens is 3. The topological polar surface area (TPSA) is 29.1 Å². The van der Waals surface area contributed by atoms with Crippen molar-refractivity contribution in [3.8, 4) is 0 Å². The van der Waals surface area contributed by atoms with Gasteiger partial charge in [0, 0.05) is 16.1 Å². The molecule has 0 bridgehead atoms. The lowest BCUT2D eigenvalue weighted by Gasteiger charge is -2.15. The standard InChI is InChI=1S/C15H12BrF2NO/c1-9(11-7-6-10(17)8-14(11)18)19-15(20)12-4-2-3-5-13(12)16/h2-9H,1H3,(H,19,20). The second-order valence-corrected chi connectivity index (χ2v) is 5.20. The summed E-state index contributed by atoms with van der Waals surface area (Å²) in [4.78, 5) is 12.1. The van der Waals surface area contributed by atoms with Crippen LogP contribution < -0.4 is 5.32 Å². The third-order valence-corrected chi connectivity index (χ3v) is 3.59. The highest BCUT2D eigenvalue weighted by Gasteiger charge is 2.16. The fourth-order valence-electron chi connectivity index (χ4n) is 1.85. The molecular formula is C15H12BrF2NO. The molecule has 1 atom stereocenters. The van der Waals surface area contributed by atoms with E-state index in [1.54, 1.807) is 31.2 Å².